The van der Waals surface area contributed by atoms with E-state index in [9.17, 15) is 4.39 Å². The molecule has 0 radical (unpaired) electrons. The number of nitrogens with zero attached hydrogens (tertiary/aromatic N) is 4. The molecule has 2 heterocycles. The van der Waals surface area contributed by atoms with E-state index in [1.165, 1.54) is 0 Å². The first-order chi connectivity index (χ1) is 13.1. The van der Waals surface area contributed by atoms with Crippen LogP contribution in [0, 0.1) is 12.7 Å². The zero-order valence-corrected chi connectivity index (χ0v) is 19.0. The number of likely N-dealkylation sites (tertiary alicyclic amines) is 1. The predicted molar refractivity (Wildman–Crippen MR) is 120 cm³/mol. The molecule has 3 rings (SSSR count). The molecule has 1 saturated heterocycles. The van der Waals surface area contributed by atoms with Gasteiger partial charge in [0.25, 0.3) is 0 Å². The van der Waals surface area contributed by atoms with Gasteiger partial charge in [0.2, 0.25) is 0 Å². The number of aryl methyl sites for hydroxylation is 1. The number of nitrogens with one attached hydrogen (secondary N) is 1. The monoisotopic (exact) mass is 501 g/mol. The summed E-state index contributed by atoms with van der Waals surface area (Å²) in [5.74, 6) is 1.35. The molecule has 0 aliphatic carbocycles. The van der Waals surface area contributed by atoms with Gasteiger partial charge in [-0.1, -0.05) is 6.07 Å². The lowest BCUT2D eigenvalue weighted by molar-refractivity contribution is 0.0263. The Hall–Kier alpha value is -1.68. The molecule has 0 atom stereocenters. The highest BCUT2D eigenvalue weighted by Gasteiger charge is 2.21. The number of imidazole rings is 1. The molecule has 1 aromatic heterocycles. The Morgan fingerprint density at radius 2 is 2.11 bits per heavy atom. The Morgan fingerprint density at radius 3 is 2.68 bits per heavy atom. The van der Waals surface area contributed by atoms with E-state index >= 15 is 0 Å². The van der Waals surface area contributed by atoms with Crippen molar-refractivity contribution in [1.82, 2.24) is 19.8 Å². The molecule has 28 heavy (non-hydrogen) atoms. The van der Waals surface area contributed by atoms with E-state index in [-0.39, 0.29) is 29.8 Å². The minimum atomic E-state index is -0.261. The van der Waals surface area contributed by atoms with E-state index in [4.69, 9.17) is 4.74 Å². The Morgan fingerprint density at radius 1 is 1.36 bits per heavy atom. The van der Waals surface area contributed by atoms with Crippen molar-refractivity contribution in [2.24, 2.45) is 4.99 Å². The van der Waals surface area contributed by atoms with Crippen LogP contribution in [0.2, 0.25) is 0 Å². The summed E-state index contributed by atoms with van der Waals surface area (Å²) in [7, 11) is 1.78. The Bertz CT molecular complexity index is 787. The van der Waals surface area contributed by atoms with Crippen molar-refractivity contribution in [3.8, 4) is 5.69 Å². The van der Waals surface area contributed by atoms with Gasteiger partial charge in [0, 0.05) is 45.7 Å². The van der Waals surface area contributed by atoms with Gasteiger partial charge in [0.1, 0.15) is 11.6 Å². The molecule has 0 bridgehead atoms. The normalized spacial score (nSPS) is 15.4. The largest absolute Gasteiger partial charge is 0.378 e. The van der Waals surface area contributed by atoms with Crippen LogP contribution >= 0.6 is 24.0 Å². The molecule has 6 nitrogen and oxygen atoms in total. The summed E-state index contributed by atoms with van der Waals surface area (Å²) >= 11 is 0. The van der Waals surface area contributed by atoms with Crippen LogP contribution in [0.25, 0.3) is 5.69 Å². The minimum absolute atomic E-state index is 0. The average Bonchev–Trinajstić information content (AvgIpc) is 3.09. The zero-order valence-electron chi connectivity index (χ0n) is 16.7. The fraction of sp³-hybridized carbons (Fsp3) is 0.500. The number of piperidine rings is 1. The maximum atomic E-state index is 14.5. The lowest BCUT2D eigenvalue weighted by Crippen LogP contribution is -2.46. The summed E-state index contributed by atoms with van der Waals surface area (Å²) in [5.41, 5.74) is 1.38. The molecule has 1 N–H and O–H groups in total. The molecule has 0 saturated carbocycles. The third-order valence-electron chi connectivity index (χ3n) is 4.90. The fourth-order valence-electron chi connectivity index (χ4n) is 3.47. The van der Waals surface area contributed by atoms with Gasteiger partial charge in [-0.15, -0.1) is 24.0 Å². The van der Waals surface area contributed by atoms with Crippen LogP contribution in [0.1, 0.15) is 31.2 Å². The van der Waals surface area contributed by atoms with Gasteiger partial charge in [0.15, 0.2) is 5.96 Å². The van der Waals surface area contributed by atoms with E-state index in [0.717, 1.165) is 49.9 Å². The van der Waals surface area contributed by atoms with Crippen molar-refractivity contribution >= 4 is 29.9 Å². The number of ether oxygens (including phenoxy) is 1. The smallest absolute Gasteiger partial charge is 0.193 e. The van der Waals surface area contributed by atoms with Crippen LogP contribution < -0.4 is 5.32 Å². The second-order valence-corrected chi connectivity index (χ2v) is 6.67. The number of aliphatic imine (C=N–C) groups is 1. The van der Waals surface area contributed by atoms with Gasteiger partial charge in [0.05, 0.1) is 11.8 Å². The van der Waals surface area contributed by atoms with Crippen molar-refractivity contribution < 1.29 is 9.13 Å². The summed E-state index contributed by atoms with van der Waals surface area (Å²) in [4.78, 5) is 10.8. The number of guanidine groups is 1. The number of halogens is 2. The highest BCUT2D eigenvalue weighted by Crippen LogP contribution is 2.17. The summed E-state index contributed by atoms with van der Waals surface area (Å²) in [6.07, 6.45) is 5.78. The van der Waals surface area contributed by atoms with Crippen LogP contribution in [0.5, 0.6) is 0 Å². The molecular weight excluding hydrogens is 472 g/mol. The topological polar surface area (TPSA) is 54.7 Å². The van der Waals surface area contributed by atoms with Crippen molar-refractivity contribution in [2.45, 2.75) is 39.3 Å². The van der Waals surface area contributed by atoms with Crippen LogP contribution in [0.15, 0.2) is 35.6 Å². The van der Waals surface area contributed by atoms with E-state index in [1.807, 2.05) is 19.9 Å². The maximum Gasteiger partial charge on any atom is 0.193 e. The molecule has 1 fully saturated rings. The molecule has 0 spiro atoms. The van der Waals surface area contributed by atoms with E-state index < -0.39 is 0 Å². The van der Waals surface area contributed by atoms with Gasteiger partial charge in [-0.25, -0.2) is 9.37 Å². The Kier molecular flexibility index (Phi) is 8.68. The van der Waals surface area contributed by atoms with Gasteiger partial charge in [-0.05, 0) is 44.4 Å². The number of hydrogen-bond acceptors (Lipinski definition) is 3. The number of hydrogen-bond donors (Lipinski definition) is 1. The number of benzene rings is 1. The number of aromatic nitrogens is 2. The first-order valence-corrected chi connectivity index (χ1v) is 9.48. The lowest BCUT2D eigenvalue weighted by Gasteiger charge is -2.34. The highest BCUT2D eigenvalue weighted by atomic mass is 127. The van der Waals surface area contributed by atoms with Crippen LogP contribution in [0.4, 0.5) is 4.39 Å². The maximum absolute atomic E-state index is 14.5. The molecule has 2 aromatic rings. The summed E-state index contributed by atoms with van der Waals surface area (Å²) in [6, 6.07) is 5.28. The minimum Gasteiger partial charge on any atom is -0.378 e. The third kappa shape index (κ3) is 5.44. The fourth-order valence-corrected chi connectivity index (χ4v) is 3.47. The molecule has 0 unspecified atom stereocenters. The van der Waals surface area contributed by atoms with Crippen LogP contribution in [-0.4, -0.2) is 53.3 Å². The molecule has 8 heteroatoms. The first-order valence-electron chi connectivity index (χ1n) is 9.48. The summed E-state index contributed by atoms with van der Waals surface area (Å²) < 4.78 is 22.0. The molecular formula is C20H29FIN5O. The quantitative estimate of drug-likeness (QED) is 0.387. The van der Waals surface area contributed by atoms with Crippen molar-refractivity contribution in [3.63, 3.8) is 0 Å². The lowest BCUT2D eigenvalue weighted by atomic mass is 10.1. The molecule has 1 aliphatic heterocycles. The Balaban J connectivity index is 0.00000280. The first kappa shape index (κ1) is 22.6. The van der Waals surface area contributed by atoms with Gasteiger partial charge in [-0.3, -0.25) is 4.99 Å². The van der Waals surface area contributed by atoms with Crippen molar-refractivity contribution in [1.29, 1.82) is 0 Å². The molecule has 1 aliphatic rings. The van der Waals surface area contributed by atoms with Gasteiger partial charge >= 0.3 is 0 Å². The van der Waals surface area contributed by atoms with E-state index in [0.29, 0.717) is 18.3 Å². The SMILES string of the molecule is CCOC1CCN(C(=NC)NCc2ccc(-n3ccnc3C)c(F)c2)CC1.I. The second-order valence-electron chi connectivity index (χ2n) is 6.67. The highest BCUT2D eigenvalue weighted by molar-refractivity contribution is 14.0. The Labute approximate surface area is 183 Å². The molecule has 154 valence electrons. The average molecular weight is 501 g/mol. The number of rotatable bonds is 5. The predicted octanol–water partition coefficient (Wildman–Crippen LogP) is 3.51. The van der Waals surface area contributed by atoms with Crippen LogP contribution in [0.3, 0.4) is 0 Å². The second kappa shape index (κ2) is 10.8. The zero-order chi connectivity index (χ0) is 19.2. The summed E-state index contributed by atoms with van der Waals surface area (Å²) in [6.45, 7) is 7.00. The third-order valence-corrected chi connectivity index (χ3v) is 4.90. The van der Waals surface area contributed by atoms with Crippen molar-refractivity contribution in [3.05, 3.63) is 47.8 Å². The van der Waals surface area contributed by atoms with E-state index in [2.05, 4.69) is 20.2 Å². The van der Waals surface area contributed by atoms with Crippen molar-refractivity contribution in [2.75, 3.05) is 26.7 Å². The van der Waals surface area contributed by atoms with Gasteiger partial charge < -0.3 is 19.5 Å². The van der Waals surface area contributed by atoms with E-state index in [1.54, 1.807) is 36.1 Å². The van der Waals surface area contributed by atoms with Crippen LogP contribution in [-0.2, 0) is 11.3 Å². The molecule has 1 aromatic carbocycles. The summed E-state index contributed by atoms with van der Waals surface area (Å²) in [5, 5.41) is 3.34. The standard InChI is InChI=1S/C20H28FN5O.HI/c1-4-27-17-7-10-25(11-8-17)20(22-3)24-14-16-5-6-19(18(21)13-16)26-12-9-23-15(26)2;/h5-6,9,12-13,17H,4,7-8,10-11,14H2,1-3H3,(H,22,24);1H. The molecule has 0 amide bonds. The van der Waals surface area contributed by atoms with Gasteiger partial charge in [-0.2, -0.15) is 0 Å².